The van der Waals surface area contributed by atoms with Crippen molar-refractivity contribution in [2.45, 2.75) is 210 Å². The molecule has 0 spiro atoms. The van der Waals surface area contributed by atoms with Gasteiger partial charge in [0.25, 0.3) is 16.7 Å². The second-order valence-electron chi connectivity index (χ2n) is 33.1. The Kier molecular flexibility index (Phi) is 27.1. The number of rotatable bonds is 39. The van der Waals surface area contributed by atoms with Crippen LogP contribution in [0.5, 0.6) is 0 Å². The van der Waals surface area contributed by atoms with Crippen LogP contribution in [0.3, 0.4) is 0 Å². The van der Waals surface area contributed by atoms with Gasteiger partial charge in [0, 0.05) is 115 Å². The van der Waals surface area contributed by atoms with Gasteiger partial charge in [-0.3, -0.25) is 28.8 Å². The SMILES string of the molecule is [2H]c1c([2H])c(-c2ccc(C(F)(F)F)cc2)c(C)c([2H])c1CN(C(=O)C([2H])([2H])n1c(SCc2ccc(F)cc2)nc(=O)c2c1CCC2)C([2H])([2H])C([2H])([2H])N(CC)CC.[2H]c1c([2H])c(C([2H])([2H])N(C(=O)C([2H])([2H])n2c(SCc3ccc(F)cc3)nc(=O)c3c2CCC3)C([2H])([2H])C([2H])([2H])N(CC)CC)c([2H])c(C)c1-c1ccc(C(F)(F)F)cc1.[2H]c1c([2H])c(C([2H])([2H])N(CCN(CC)CC)C(=O)C([2H])([2H])n2c(SCc3ccc(F)cc3)nc(=O)c3c2CCC3)c([2H])c(C)c1-c1ccc(C(F)(F)F)cc1. The van der Waals surface area contributed by atoms with E-state index < -0.39 is 230 Å². The molecule has 144 heavy (non-hydrogen) atoms. The van der Waals surface area contributed by atoms with Gasteiger partial charge in [0.1, 0.15) is 36.9 Å². The Morgan fingerprint density at radius 3 is 0.951 bits per heavy atom. The van der Waals surface area contributed by atoms with E-state index in [1.54, 1.807) is 13.8 Å². The van der Waals surface area contributed by atoms with Crippen molar-refractivity contribution in [1.82, 2.24) is 58.1 Å². The molecule has 3 aliphatic carbocycles. The molecule has 0 atom stereocenters. The Morgan fingerprint density at radius 2 is 0.639 bits per heavy atom. The van der Waals surface area contributed by atoms with Crippen LogP contribution in [0.1, 0.15) is 198 Å². The highest BCUT2D eigenvalue weighted by molar-refractivity contribution is 7.98. The highest BCUT2D eigenvalue weighted by atomic mass is 32.2. The number of hydrogen-bond acceptors (Lipinski definition) is 15. The van der Waals surface area contributed by atoms with E-state index in [1.807, 2.05) is 18.7 Å². The van der Waals surface area contributed by atoms with Crippen LogP contribution >= 0.6 is 35.3 Å². The number of nitrogens with zero attached hydrogens (tertiary/aromatic N) is 12. The Balaban J connectivity index is 0.000000210. The fourth-order valence-corrected chi connectivity index (χ4v) is 18.4. The van der Waals surface area contributed by atoms with Crippen LogP contribution < -0.4 is 16.7 Å². The Bertz CT molecular complexity index is 8050. The fraction of sp³-hybridized carbons (Fsp3) is 0.378. The van der Waals surface area contributed by atoms with Crippen molar-refractivity contribution < 1.29 is 104 Å². The molecule has 15 rings (SSSR count). The van der Waals surface area contributed by atoms with E-state index in [2.05, 4.69) is 15.0 Å². The molecule has 12 aromatic rings. The smallest absolute Gasteiger partial charge is 0.336 e. The molecule has 3 amide bonds. The van der Waals surface area contributed by atoms with Gasteiger partial charge < -0.3 is 43.1 Å². The maximum atomic E-state index is 15.1. The second kappa shape index (κ2) is 50.3. The first-order chi connectivity index (χ1) is 79.5. The van der Waals surface area contributed by atoms with E-state index in [4.69, 9.17) is 17.8 Å². The van der Waals surface area contributed by atoms with Crippen molar-refractivity contribution in [3.63, 3.8) is 0 Å². The number of fused-ring (bicyclic) bond motifs is 3. The predicted molar refractivity (Wildman–Crippen MR) is 544 cm³/mol. The molecule has 33 heteroatoms. The summed E-state index contributed by atoms with van der Waals surface area (Å²) in [4.78, 5) is 101. The molecular weight excluding hydrogens is 1920 g/mol. The summed E-state index contributed by atoms with van der Waals surface area (Å²) in [6.45, 7) is -17.4. The number of thioether (sulfide) groups is 3. The van der Waals surface area contributed by atoms with E-state index in [9.17, 15) is 95.8 Å². The highest BCUT2D eigenvalue weighted by Crippen LogP contribution is 2.39. The highest BCUT2D eigenvalue weighted by Gasteiger charge is 2.35. The summed E-state index contributed by atoms with van der Waals surface area (Å²) in [5, 5.41) is -0.771. The maximum absolute atomic E-state index is 15.1. The average molecular weight is 2070 g/mol. The van der Waals surface area contributed by atoms with Crippen molar-refractivity contribution in [3.8, 4) is 33.4 Å². The van der Waals surface area contributed by atoms with Gasteiger partial charge in [0.05, 0.1) is 48.2 Å². The molecule has 0 saturated carbocycles. The maximum Gasteiger partial charge on any atom is 0.416 e. The van der Waals surface area contributed by atoms with Gasteiger partial charge in [0.15, 0.2) is 15.5 Å². The normalized spacial score (nSPS) is 16.5. The lowest BCUT2D eigenvalue weighted by Crippen LogP contribution is -2.40. The lowest BCUT2D eigenvalue weighted by Gasteiger charge is -2.28. The second-order valence-corrected chi connectivity index (χ2v) is 36.0. The Morgan fingerprint density at radius 1 is 0.354 bits per heavy atom. The molecule has 0 saturated heterocycles. The number of halogens is 12. The van der Waals surface area contributed by atoms with Gasteiger partial charge in [-0.1, -0.05) is 204 Å². The van der Waals surface area contributed by atoms with Crippen molar-refractivity contribution in [1.29, 1.82) is 0 Å². The topological polar surface area (TPSA) is 175 Å². The number of alkyl halides is 9. The first-order valence-corrected chi connectivity index (χ1v) is 49.1. The third kappa shape index (κ3) is 29.1. The fourth-order valence-electron chi connectivity index (χ4n) is 15.6. The zero-order valence-corrected chi connectivity index (χ0v) is 82.2. The molecule has 9 aromatic carbocycles. The van der Waals surface area contributed by atoms with Crippen molar-refractivity contribution in [3.05, 3.63) is 349 Å². The minimum atomic E-state index is -4.71. The van der Waals surface area contributed by atoms with Gasteiger partial charge in [-0.25, -0.2) is 13.2 Å². The largest absolute Gasteiger partial charge is 0.416 e. The minimum absolute atomic E-state index is 0.00427. The summed E-state index contributed by atoms with van der Waals surface area (Å²) < 4.78 is 410. The number of carbonyl (C=O) groups excluding carboxylic acids is 3. The number of amides is 3. The Hall–Kier alpha value is -11.9. The van der Waals surface area contributed by atoms with Crippen LogP contribution in [0, 0.1) is 38.2 Å². The molecule has 0 unspecified atom stereocenters. The molecule has 0 fully saturated rings. The first kappa shape index (κ1) is 77.6. The molecule has 0 N–H and O–H groups in total. The molecule has 0 radical (unpaired) electrons. The van der Waals surface area contributed by atoms with Gasteiger partial charge >= 0.3 is 18.5 Å². The van der Waals surface area contributed by atoms with Gasteiger partial charge in [-0.05, 0) is 274 Å². The van der Waals surface area contributed by atoms with E-state index in [-0.39, 0.29) is 191 Å². The monoisotopic (exact) mass is 2070 g/mol. The molecule has 3 heterocycles. The third-order valence-corrected chi connectivity index (χ3v) is 26.6. The zero-order chi connectivity index (χ0) is 127. The number of carbonyl (C=O) groups is 3. The van der Waals surface area contributed by atoms with Gasteiger partial charge in [-0.15, -0.1) is 0 Å². The quantitative estimate of drug-likeness (QED) is 0.0202. The van der Waals surface area contributed by atoms with Crippen LogP contribution in [-0.2, 0) is 128 Å². The number of aromatic nitrogens is 6. The summed E-state index contributed by atoms with van der Waals surface area (Å²) >= 11 is 2.61. The zero-order valence-electron chi connectivity index (χ0n) is 107. The van der Waals surface area contributed by atoms with Crippen molar-refractivity contribution >= 4 is 53.0 Å². The van der Waals surface area contributed by atoms with Gasteiger partial charge in [-0.2, -0.15) is 54.5 Å². The Labute approximate surface area is 882 Å². The molecule has 0 bridgehead atoms. The van der Waals surface area contributed by atoms with Gasteiger partial charge in [0.2, 0.25) is 17.7 Å². The van der Waals surface area contributed by atoms with Crippen LogP contribution in [0.25, 0.3) is 33.4 Å². The van der Waals surface area contributed by atoms with E-state index in [1.165, 1.54) is 107 Å². The van der Waals surface area contributed by atoms with Crippen molar-refractivity contribution in [2.24, 2.45) is 0 Å². The summed E-state index contributed by atoms with van der Waals surface area (Å²) in [6, 6.07) is 20.6. The van der Waals surface area contributed by atoms with E-state index >= 15 is 4.79 Å². The standard InChI is InChI=1S/3C37H40F4N4O2S/c3*1-4-43(5-2)19-20-44(22-27-11-18-31(25(3)21-27)28-12-14-29(15-13-28)37(39,40)41)34(46)23-45-33-8-6-7-32(33)35(47)42-36(45)48-24-26-9-16-30(38)17-10-26/h3*9-18,21H,4-8,19-20,22-24H2,1-3H3/i11D,18D,19D2,20D2,21D,22D2,23D2;11D,18D,19D2,20D2,21D,23D2;11D,18D,21D,22D2,23D2. The lowest BCUT2D eigenvalue weighted by atomic mass is 9.97. The number of benzene rings is 9. The molecule has 0 aliphatic heterocycles. The average Bonchev–Trinajstić information content (AvgIpc) is 1.21. The summed E-state index contributed by atoms with van der Waals surface area (Å²) in [6.07, 6.45) is -11.7. The molecule has 762 valence electrons. The number of hydrogen-bond donors (Lipinski definition) is 0. The third-order valence-electron chi connectivity index (χ3n) is 23.5. The summed E-state index contributed by atoms with van der Waals surface area (Å²) in [5.74, 6) is -6.37. The van der Waals surface area contributed by atoms with Crippen LogP contribution in [-0.4, -0.2) is 154 Å². The lowest BCUT2D eigenvalue weighted by molar-refractivity contribution is -0.138. The molecular formula is C111H120F12N12O6S3. The molecule has 3 aromatic heterocycles. The van der Waals surface area contributed by atoms with E-state index in [0.717, 1.165) is 132 Å². The summed E-state index contributed by atoms with van der Waals surface area (Å²) in [7, 11) is 0. The molecule has 18 nitrogen and oxygen atoms in total. The predicted octanol–water partition coefficient (Wildman–Crippen LogP) is 22.6. The van der Waals surface area contributed by atoms with Crippen LogP contribution in [0.15, 0.2) is 230 Å². The van der Waals surface area contributed by atoms with Crippen LogP contribution in [0.4, 0.5) is 52.7 Å². The van der Waals surface area contributed by atoms with E-state index in [0.29, 0.717) is 60.4 Å². The number of likely N-dealkylation sites (N-methyl/N-ethyl adjacent to an activating group) is 3. The summed E-state index contributed by atoms with van der Waals surface area (Å²) in [5.41, 5.74) is -5.08. The van der Waals surface area contributed by atoms with Crippen LogP contribution in [0.2, 0.25) is 0 Å². The molecule has 3 aliphatic rings. The first-order valence-electron chi connectivity index (χ1n) is 59.6. The minimum Gasteiger partial charge on any atom is -0.336 e. The van der Waals surface area contributed by atoms with Crippen molar-refractivity contribution in [2.75, 3.05) is 78.3 Å².